The molecule has 0 spiro atoms. The zero-order valence-corrected chi connectivity index (χ0v) is 17.4. The molecule has 1 amide bonds. The Bertz CT molecular complexity index is 1190. The van der Waals surface area contributed by atoms with Crippen LogP contribution in [0.1, 0.15) is 46.7 Å². The molecule has 0 saturated carbocycles. The highest BCUT2D eigenvalue weighted by molar-refractivity contribution is 6.06. The number of aromatic nitrogens is 2. The monoisotopic (exact) mass is 395 g/mol. The van der Waals surface area contributed by atoms with Crippen molar-refractivity contribution < 1.29 is 4.79 Å². The van der Waals surface area contributed by atoms with Crippen molar-refractivity contribution in [3.8, 4) is 0 Å². The van der Waals surface area contributed by atoms with Crippen LogP contribution in [0.4, 0.5) is 5.69 Å². The first kappa shape index (κ1) is 19.8. The second-order valence-corrected chi connectivity index (χ2v) is 7.30. The molecule has 4 heteroatoms. The molecule has 4 nitrogen and oxygen atoms in total. The molecular formula is C26H25N3O. The van der Waals surface area contributed by atoms with Gasteiger partial charge in [0, 0.05) is 11.3 Å². The maximum absolute atomic E-state index is 13.0. The van der Waals surface area contributed by atoms with Crippen molar-refractivity contribution in [1.29, 1.82) is 0 Å². The Morgan fingerprint density at radius 1 is 0.800 bits per heavy atom. The van der Waals surface area contributed by atoms with E-state index in [2.05, 4.69) is 31.3 Å². The fourth-order valence-corrected chi connectivity index (χ4v) is 3.64. The van der Waals surface area contributed by atoms with E-state index in [0.717, 1.165) is 52.9 Å². The van der Waals surface area contributed by atoms with E-state index in [1.165, 1.54) is 5.56 Å². The molecule has 0 saturated heterocycles. The minimum absolute atomic E-state index is 0.142. The summed E-state index contributed by atoms with van der Waals surface area (Å²) in [7, 11) is 0. The smallest absolute Gasteiger partial charge is 0.255 e. The van der Waals surface area contributed by atoms with Gasteiger partial charge >= 0.3 is 0 Å². The van der Waals surface area contributed by atoms with E-state index < -0.39 is 0 Å². The van der Waals surface area contributed by atoms with Crippen LogP contribution in [0.3, 0.4) is 0 Å². The van der Waals surface area contributed by atoms with Crippen LogP contribution >= 0.6 is 0 Å². The number of fused-ring (bicyclic) bond motifs is 1. The molecule has 30 heavy (non-hydrogen) atoms. The summed E-state index contributed by atoms with van der Waals surface area (Å²) in [4.78, 5) is 22.4. The Labute approximate surface area is 177 Å². The predicted octanol–water partition coefficient (Wildman–Crippen LogP) is 5.60. The van der Waals surface area contributed by atoms with E-state index in [1.807, 2.05) is 60.7 Å². The summed E-state index contributed by atoms with van der Waals surface area (Å²) in [6.45, 7) is 4.17. The Kier molecular flexibility index (Phi) is 5.84. The quantitative estimate of drug-likeness (QED) is 0.462. The summed E-state index contributed by atoms with van der Waals surface area (Å²) in [5.74, 6) is -0.142. The van der Waals surface area contributed by atoms with Crippen LogP contribution in [0.2, 0.25) is 0 Å². The van der Waals surface area contributed by atoms with Crippen LogP contribution in [0.5, 0.6) is 0 Å². The zero-order chi connectivity index (χ0) is 20.9. The molecule has 0 aliphatic rings. The molecule has 0 unspecified atom stereocenters. The lowest BCUT2D eigenvalue weighted by Crippen LogP contribution is -2.13. The van der Waals surface area contributed by atoms with Gasteiger partial charge in [-0.05, 0) is 54.7 Å². The van der Waals surface area contributed by atoms with Crippen LogP contribution < -0.4 is 5.32 Å². The van der Waals surface area contributed by atoms with E-state index in [-0.39, 0.29) is 5.91 Å². The minimum atomic E-state index is -0.142. The number of nitrogens with zero attached hydrogens (tertiary/aromatic N) is 2. The van der Waals surface area contributed by atoms with Crippen molar-refractivity contribution in [2.24, 2.45) is 0 Å². The van der Waals surface area contributed by atoms with Crippen molar-refractivity contribution in [2.75, 3.05) is 5.32 Å². The average molecular weight is 396 g/mol. The largest absolute Gasteiger partial charge is 0.322 e. The molecule has 4 aromatic rings. The van der Waals surface area contributed by atoms with Gasteiger partial charge in [-0.25, -0.2) is 9.97 Å². The first-order valence-electron chi connectivity index (χ1n) is 10.4. The number of hydrogen-bond donors (Lipinski definition) is 1. The van der Waals surface area contributed by atoms with Gasteiger partial charge in [0.05, 0.1) is 22.4 Å². The van der Waals surface area contributed by atoms with Crippen LogP contribution in [0.15, 0.2) is 72.8 Å². The van der Waals surface area contributed by atoms with E-state index in [0.29, 0.717) is 5.56 Å². The normalized spacial score (nSPS) is 10.9. The van der Waals surface area contributed by atoms with Gasteiger partial charge in [-0.1, -0.05) is 62.4 Å². The van der Waals surface area contributed by atoms with Crippen molar-refractivity contribution in [2.45, 2.75) is 33.1 Å². The predicted molar refractivity (Wildman–Crippen MR) is 122 cm³/mol. The van der Waals surface area contributed by atoms with Crippen LogP contribution in [-0.4, -0.2) is 15.9 Å². The van der Waals surface area contributed by atoms with Crippen molar-refractivity contribution in [3.05, 3.63) is 101 Å². The summed E-state index contributed by atoms with van der Waals surface area (Å²) in [5, 5.41) is 3.08. The summed E-state index contributed by atoms with van der Waals surface area (Å²) < 4.78 is 0. The van der Waals surface area contributed by atoms with Gasteiger partial charge in [0.2, 0.25) is 0 Å². The number of nitrogens with one attached hydrogen (secondary N) is 1. The summed E-state index contributed by atoms with van der Waals surface area (Å²) in [6.07, 6.45) is 2.45. The third kappa shape index (κ3) is 4.23. The fraction of sp³-hybridized carbons (Fsp3) is 0.192. The first-order chi connectivity index (χ1) is 14.7. The molecule has 1 N–H and O–H groups in total. The van der Waals surface area contributed by atoms with E-state index in [1.54, 1.807) is 0 Å². The number of benzene rings is 3. The lowest BCUT2D eigenvalue weighted by Gasteiger charge is -2.12. The van der Waals surface area contributed by atoms with E-state index in [9.17, 15) is 4.79 Å². The highest BCUT2D eigenvalue weighted by Gasteiger charge is 2.12. The third-order valence-corrected chi connectivity index (χ3v) is 5.25. The molecule has 0 radical (unpaired) electrons. The maximum Gasteiger partial charge on any atom is 0.255 e. The molecule has 0 bridgehead atoms. The van der Waals surface area contributed by atoms with Crippen molar-refractivity contribution >= 4 is 22.6 Å². The molecule has 1 heterocycles. The minimum Gasteiger partial charge on any atom is -0.322 e. The van der Waals surface area contributed by atoms with Gasteiger partial charge in [-0.2, -0.15) is 0 Å². The van der Waals surface area contributed by atoms with Crippen LogP contribution in [0.25, 0.3) is 11.0 Å². The third-order valence-electron chi connectivity index (χ3n) is 5.25. The fourth-order valence-electron chi connectivity index (χ4n) is 3.64. The highest BCUT2D eigenvalue weighted by Crippen LogP contribution is 2.21. The SMILES string of the molecule is CCc1nc2ccc(C(=O)Nc3ccccc3Cc3ccccc3)cc2nc1CC. The molecule has 150 valence electrons. The Balaban J connectivity index is 1.60. The van der Waals surface area contributed by atoms with Gasteiger partial charge in [0.25, 0.3) is 5.91 Å². The number of anilines is 1. The number of para-hydroxylation sites is 1. The number of aryl methyl sites for hydroxylation is 2. The van der Waals surface area contributed by atoms with Gasteiger partial charge in [-0.15, -0.1) is 0 Å². The van der Waals surface area contributed by atoms with E-state index >= 15 is 0 Å². The van der Waals surface area contributed by atoms with Gasteiger partial charge in [0.15, 0.2) is 0 Å². The number of amides is 1. The van der Waals surface area contributed by atoms with Crippen LogP contribution in [-0.2, 0) is 19.3 Å². The summed E-state index contributed by atoms with van der Waals surface area (Å²) in [5.41, 5.74) is 7.30. The van der Waals surface area contributed by atoms with Crippen molar-refractivity contribution in [3.63, 3.8) is 0 Å². The second-order valence-electron chi connectivity index (χ2n) is 7.30. The molecule has 4 rings (SSSR count). The Morgan fingerprint density at radius 2 is 1.47 bits per heavy atom. The Hall–Kier alpha value is -3.53. The number of rotatable bonds is 6. The Morgan fingerprint density at radius 3 is 2.20 bits per heavy atom. The van der Waals surface area contributed by atoms with Gasteiger partial charge < -0.3 is 5.32 Å². The van der Waals surface area contributed by atoms with Crippen LogP contribution in [0, 0.1) is 0 Å². The zero-order valence-electron chi connectivity index (χ0n) is 17.4. The second kappa shape index (κ2) is 8.87. The summed E-state index contributed by atoms with van der Waals surface area (Å²) >= 11 is 0. The lowest BCUT2D eigenvalue weighted by atomic mass is 10.0. The lowest BCUT2D eigenvalue weighted by molar-refractivity contribution is 0.102. The molecule has 0 atom stereocenters. The first-order valence-corrected chi connectivity index (χ1v) is 10.4. The number of carbonyl (C=O) groups is 1. The van der Waals surface area contributed by atoms with Gasteiger partial charge in [-0.3, -0.25) is 4.79 Å². The standard InChI is InChI=1S/C26H25N3O/c1-3-21-22(4-2)28-25-17-20(14-15-24(25)27-21)26(30)29-23-13-9-8-12-19(23)16-18-10-6-5-7-11-18/h5-15,17H,3-4,16H2,1-2H3,(H,29,30). The average Bonchev–Trinajstić information content (AvgIpc) is 2.79. The van der Waals surface area contributed by atoms with E-state index in [4.69, 9.17) is 9.97 Å². The molecule has 0 fully saturated rings. The maximum atomic E-state index is 13.0. The number of hydrogen-bond acceptors (Lipinski definition) is 3. The molecule has 3 aromatic carbocycles. The van der Waals surface area contributed by atoms with Gasteiger partial charge in [0.1, 0.15) is 0 Å². The molecule has 0 aliphatic heterocycles. The molecule has 0 aliphatic carbocycles. The molecular weight excluding hydrogens is 370 g/mol. The molecule has 1 aromatic heterocycles. The summed E-state index contributed by atoms with van der Waals surface area (Å²) in [6, 6.07) is 23.7. The van der Waals surface area contributed by atoms with Crippen molar-refractivity contribution in [1.82, 2.24) is 9.97 Å². The topological polar surface area (TPSA) is 54.9 Å². The highest BCUT2D eigenvalue weighted by atomic mass is 16.1. The number of carbonyl (C=O) groups excluding carboxylic acids is 1.